The van der Waals surface area contributed by atoms with Gasteiger partial charge in [0.05, 0.1) is 11.5 Å². The minimum Gasteiger partial charge on any atom is -0.380 e. The second-order valence-electron chi connectivity index (χ2n) is 2.59. The molecule has 0 saturated carbocycles. The fourth-order valence-electron chi connectivity index (χ4n) is 1.05. The summed E-state index contributed by atoms with van der Waals surface area (Å²) < 4.78 is 27.1. The fraction of sp³-hybridized carbons (Fsp3) is 0.250. The Hall–Kier alpha value is -0.290. The summed E-state index contributed by atoms with van der Waals surface area (Å²) in [5.41, 5.74) is 0.381. The number of hydrogen-bond donors (Lipinski definition) is 0. The van der Waals surface area contributed by atoms with Gasteiger partial charge in [-0.1, -0.05) is 17.7 Å². The molecular formula is C8H8Cl2O3S. The summed E-state index contributed by atoms with van der Waals surface area (Å²) in [6.45, 7) is 0.112. The molecule has 0 aliphatic rings. The molecule has 1 rings (SSSR count). The molecule has 0 unspecified atom stereocenters. The molecule has 14 heavy (non-hydrogen) atoms. The van der Waals surface area contributed by atoms with Crippen LogP contribution in [0, 0.1) is 0 Å². The van der Waals surface area contributed by atoms with Gasteiger partial charge in [-0.2, -0.15) is 0 Å². The van der Waals surface area contributed by atoms with E-state index < -0.39 is 9.05 Å². The Bertz CT molecular complexity index is 428. The first-order valence-electron chi connectivity index (χ1n) is 3.68. The van der Waals surface area contributed by atoms with E-state index in [9.17, 15) is 8.42 Å². The summed E-state index contributed by atoms with van der Waals surface area (Å²) in [4.78, 5) is -0.00600. The van der Waals surface area contributed by atoms with Gasteiger partial charge in [0.25, 0.3) is 9.05 Å². The summed E-state index contributed by atoms with van der Waals surface area (Å²) in [6, 6.07) is 4.50. The third-order valence-electron chi connectivity index (χ3n) is 1.63. The predicted octanol–water partition coefficient (Wildman–Crippen LogP) is 2.41. The quantitative estimate of drug-likeness (QED) is 0.779. The van der Waals surface area contributed by atoms with Gasteiger partial charge >= 0.3 is 0 Å². The summed E-state index contributed by atoms with van der Waals surface area (Å²) in [5, 5.41) is 0.327. The smallest absolute Gasteiger partial charge is 0.261 e. The molecule has 0 atom stereocenters. The molecule has 3 nitrogen and oxygen atoms in total. The van der Waals surface area contributed by atoms with Gasteiger partial charge in [-0.15, -0.1) is 0 Å². The summed E-state index contributed by atoms with van der Waals surface area (Å²) in [5.74, 6) is 0. The molecule has 0 heterocycles. The third kappa shape index (κ3) is 2.60. The molecule has 0 saturated heterocycles. The van der Waals surface area contributed by atoms with E-state index >= 15 is 0 Å². The van der Waals surface area contributed by atoms with E-state index in [1.54, 1.807) is 6.07 Å². The summed E-state index contributed by atoms with van der Waals surface area (Å²) >= 11 is 5.81. The van der Waals surface area contributed by atoms with Gasteiger partial charge in [0.1, 0.15) is 0 Å². The van der Waals surface area contributed by atoms with Crippen molar-refractivity contribution in [2.75, 3.05) is 7.11 Å². The Morgan fingerprint density at radius 3 is 2.57 bits per heavy atom. The Morgan fingerprint density at radius 1 is 1.43 bits per heavy atom. The van der Waals surface area contributed by atoms with Crippen LogP contribution in [0.1, 0.15) is 5.56 Å². The maximum absolute atomic E-state index is 11.1. The number of rotatable bonds is 3. The molecule has 0 radical (unpaired) electrons. The molecule has 6 heteroatoms. The SMILES string of the molecule is COCc1c(Cl)cccc1S(=O)(=O)Cl. The van der Waals surface area contributed by atoms with Gasteiger partial charge in [0.2, 0.25) is 0 Å². The van der Waals surface area contributed by atoms with Crippen molar-refractivity contribution >= 4 is 31.3 Å². The van der Waals surface area contributed by atoms with E-state index in [4.69, 9.17) is 27.0 Å². The molecular weight excluding hydrogens is 247 g/mol. The normalized spacial score (nSPS) is 11.6. The van der Waals surface area contributed by atoms with Gasteiger partial charge in [0.15, 0.2) is 0 Å². The van der Waals surface area contributed by atoms with Gasteiger partial charge in [-0.3, -0.25) is 0 Å². The summed E-state index contributed by atoms with van der Waals surface area (Å²) in [7, 11) is 2.91. The van der Waals surface area contributed by atoms with Crippen molar-refractivity contribution in [1.82, 2.24) is 0 Å². The molecule has 0 bridgehead atoms. The average Bonchev–Trinajstić information content (AvgIpc) is 2.07. The van der Waals surface area contributed by atoms with Crippen LogP contribution in [-0.4, -0.2) is 15.5 Å². The zero-order chi connectivity index (χ0) is 10.8. The van der Waals surface area contributed by atoms with Crippen molar-refractivity contribution < 1.29 is 13.2 Å². The van der Waals surface area contributed by atoms with Crippen molar-refractivity contribution in [3.63, 3.8) is 0 Å². The zero-order valence-corrected chi connectivity index (χ0v) is 9.66. The Balaban J connectivity index is 3.36. The molecule has 78 valence electrons. The Labute approximate surface area is 92.0 Å². The molecule has 0 spiro atoms. The standard InChI is InChI=1S/C8H8Cl2O3S/c1-13-5-6-7(9)3-2-4-8(6)14(10,11)12/h2-4H,5H2,1H3. The lowest BCUT2D eigenvalue weighted by molar-refractivity contribution is 0.183. The molecule has 0 aliphatic heterocycles. The van der Waals surface area contributed by atoms with E-state index in [1.807, 2.05) is 0 Å². The zero-order valence-electron chi connectivity index (χ0n) is 7.33. The second-order valence-corrected chi connectivity index (χ2v) is 5.53. The highest BCUT2D eigenvalue weighted by Gasteiger charge is 2.17. The van der Waals surface area contributed by atoms with Crippen LogP contribution in [0.5, 0.6) is 0 Å². The van der Waals surface area contributed by atoms with Crippen LogP contribution in [0.3, 0.4) is 0 Å². The minimum atomic E-state index is -3.77. The minimum absolute atomic E-state index is 0.00600. The first-order chi connectivity index (χ1) is 6.46. The number of halogens is 2. The van der Waals surface area contributed by atoms with Crippen molar-refractivity contribution in [2.24, 2.45) is 0 Å². The molecule has 0 amide bonds. The number of hydrogen-bond acceptors (Lipinski definition) is 3. The first-order valence-corrected chi connectivity index (χ1v) is 6.36. The number of ether oxygens (including phenoxy) is 1. The highest BCUT2D eigenvalue weighted by Crippen LogP contribution is 2.26. The van der Waals surface area contributed by atoms with Gasteiger partial charge in [-0.05, 0) is 12.1 Å². The van der Waals surface area contributed by atoms with Crippen molar-refractivity contribution in [3.8, 4) is 0 Å². The van der Waals surface area contributed by atoms with Crippen molar-refractivity contribution in [3.05, 3.63) is 28.8 Å². The van der Waals surface area contributed by atoms with Crippen LogP contribution < -0.4 is 0 Å². The molecule has 0 N–H and O–H groups in total. The van der Waals surface area contributed by atoms with Gasteiger partial charge in [-0.25, -0.2) is 8.42 Å². The van der Waals surface area contributed by atoms with Crippen LogP contribution >= 0.6 is 22.3 Å². The van der Waals surface area contributed by atoms with E-state index in [0.717, 1.165) is 0 Å². The van der Waals surface area contributed by atoms with Gasteiger partial charge < -0.3 is 4.74 Å². The highest BCUT2D eigenvalue weighted by molar-refractivity contribution is 8.13. The van der Waals surface area contributed by atoms with Gasteiger partial charge in [0, 0.05) is 28.4 Å². The number of benzene rings is 1. The van der Waals surface area contributed by atoms with Crippen LogP contribution in [0.2, 0.25) is 5.02 Å². The van der Waals surface area contributed by atoms with Crippen LogP contribution in [0.25, 0.3) is 0 Å². The molecule has 1 aromatic carbocycles. The fourth-order valence-corrected chi connectivity index (χ4v) is 2.47. The monoisotopic (exact) mass is 254 g/mol. The molecule has 0 aliphatic carbocycles. The summed E-state index contributed by atoms with van der Waals surface area (Å²) in [6.07, 6.45) is 0. The second kappa shape index (κ2) is 4.49. The van der Waals surface area contributed by atoms with E-state index in [2.05, 4.69) is 0 Å². The van der Waals surface area contributed by atoms with Crippen molar-refractivity contribution in [2.45, 2.75) is 11.5 Å². The lowest BCUT2D eigenvalue weighted by atomic mass is 10.2. The number of methoxy groups -OCH3 is 1. The maximum atomic E-state index is 11.1. The van der Waals surface area contributed by atoms with E-state index in [1.165, 1.54) is 19.2 Å². The first kappa shape index (κ1) is 11.8. The molecule has 0 fully saturated rings. The van der Waals surface area contributed by atoms with E-state index in [0.29, 0.717) is 10.6 Å². The Morgan fingerprint density at radius 2 is 2.07 bits per heavy atom. The molecule has 1 aromatic rings. The average molecular weight is 255 g/mol. The predicted molar refractivity (Wildman–Crippen MR) is 55.2 cm³/mol. The van der Waals surface area contributed by atoms with E-state index in [-0.39, 0.29) is 11.5 Å². The lowest BCUT2D eigenvalue weighted by Crippen LogP contribution is -2.00. The third-order valence-corrected chi connectivity index (χ3v) is 3.39. The molecule has 0 aromatic heterocycles. The largest absolute Gasteiger partial charge is 0.380 e. The van der Waals surface area contributed by atoms with Crippen LogP contribution in [0.15, 0.2) is 23.1 Å². The topological polar surface area (TPSA) is 43.4 Å². The highest BCUT2D eigenvalue weighted by atomic mass is 35.7. The lowest BCUT2D eigenvalue weighted by Gasteiger charge is -2.07. The van der Waals surface area contributed by atoms with Crippen LogP contribution in [0.4, 0.5) is 0 Å². The van der Waals surface area contributed by atoms with Crippen molar-refractivity contribution in [1.29, 1.82) is 0 Å². The van der Waals surface area contributed by atoms with Crippen LogP contribution in [-0.2, 0) is 20.4 Å². The Kier molecular flexibility index (Phi) is 3.78. The maximum Gasteiger partial charge on any atom is 0.261 e.